The van der Waals surface area contributed by atoms with Crippen LogP contribution in [0.5, 0.6) is 5.75 Å². The van der Waals surface area contributed by atoms with E-state index in [9.17, 15) is 4.79 Å². The van der Waals surface area contributed by atoms with E-state index in [0.29, 0.717) is 23.9 Å². The van der Waals surface area contributed by atoms with E-state index in [1.165, 1.54) is 6.20 Å². The minimum Gasteiger partial charge on any atom is -0.423 e. The molecule has 4 heteroatoms. The van der Waals surface area contributed by atoms with Gasteiger partial charge in [-0.15, -0.1) is 0 Å². The highest BCUT2D eigenvalue weighted by molar-refractivity contribution is 5.46. The molecule has 11 heavy (non-hydrogen) atoms. The molecule has 58 valence electrons. The molecule has 0 N–H and O–H groups in total. The Morgan fingerprint density at radius 1 is 1.73 bits per heavy atom. The number of carbonyl (C=O) groups is 1. The Labute approximate surface area is 63.1 Å². The lowest BCUT2D eigenvalue weighted by molar-refractivity contribution is -0.120. The molecule has 0 aliphatic heterocycles. The minimum atomic E-state index is 0.387. The molecule has 1 aromatic rings. The van der Waals surface area contributed by atoms with Gasteiger partial charge >= 0.3 is 0 Å². The SMILES string of the molecule is O=COc1cnoc1C1CC1. The van der Waals surface area contributed by atoms with E-state index in [2.05, 4.69) is 9.89 Å². The molecule has 0 spiro atoms. The Morgan fingerprint density at radius 3 is 3.18 bits per heavy atom. The average Bonchev–Trinajstić information content (AvgIpc) is 2.75. The monoisotopic (exact) mass is 153 g/mol. The molecule has 1 saturated carbocycles. The summed E-state index contributed by atoms with van der Waals surface area (Å²) in [5.74, 6) is 1.59. The standard InChI is InChI=1S/C7H7NO3/c9-4-10-6-3-8-11-7(6)5-1-2-5/h3-5H,1-2H2. The Kier molecular flexibility index (Phi) is 1.38. The smallest absolute Gasteiger partial charge is 0.298 e. The quantitative estimate of drug-likeness (QED) is 0.610. The summed E-state index contributed by atoms with van der Waals surface area (Å²) in [5, 5.41) is 3.54. The van der Waals surface area contributed by atoms with Crippen LogP contribution in [0.2, 0.25) is 0 Å². The van der Waals surface area contributed by atoms with Crippen molar-refractivity contribution in [2.75, 3.05) is 0 Å². The molecule has 0 unspecified atom stereocenters. The molecule has 0 atom stereocenters. The Bertz CT molecular complexity index is 264. The second kappa shape index (κ2) is 2.38. The van der Waals surface area contributed by atoms with Gasteiger partial charge < -0.3 is 9.26 Å². The largest absolute Gasteiger partial charge is 0.423 e. The van der Waals surface area contributed by atoms with Gasteiger partial charge in [0.1, 0.15) is 6.20 Å². The third-order valence-electron chi connectivity index (χ3n) is 1.69. The zero-order valence-electron chi connectivity index (χ0n) is 5.82. The topological polar surface area (TPSA) is 52.3 Å². The molecule has 1 heterocycles. The second-order valence-electron chi connectivity index (χ2n) is 2.54. The van der Waals surface area contributed by atoms with Gasteiger partial charge in [-0.25, -0.2) is 0 Å². The van der Waals surface area contributed by atoms with Crippen LogP contribution in [0.1, 0.15) is 24.5 Å². The van der Waals surface area contributed by atoms with Crippen LogP contribution in [0, 0.1) is 0 Å². The molecule has 1 fully saturated rings. The number of carbonyl (C=O) groups excluding carboxylic acids is 1. The lowest BCUT2D eigenvalue weighted by atomic mass is 10.3. The van der Waals surface area contributed by atoms with Crippen LogP contribution >= 0.6 is 0 Å². The van der Waals surface area contributed by atoms with Crippen LogP contribution in [0.15, 0.2) is 10.7 Å². The van der Waals surface area contributed by atoms with Crippen molar-refractivity contribution in [3.05, 3.63) is 12.0 Å². The summed E-state index contributed by atoms with van der Waals surface area (Å²) < 4.78 is 9.55. The third kappa shape index (κ3) is 1.11. The predicted molar refractivity (Wildman–Crippen MR) is 35.2 cm³/mol. The number of ether oxygens (including phenoxy) is 1. The first kappa shape index (κ1) is 6.39. The van der Waals surface area contributed by atoms with Crippen molar-refractivity contribution in [1.29, 1.82) is 0 Å². The van der Waals surface area contributed by atoms with Crippen LogP contribution < -0.4 is 4.74 Å². The summed E-state index contributed by atoms with van der Waals surface area (Å²) in [6.45, 7) is 0.387. The van der Waals surface area contributed by atoms with Gasteiger partial charge in [-0.2, -0.15) is 0 Å². The van der Waals surface area contributed by atoms with Crippen LogP contribution in [0.3, 0.4) is 0 Å². The molecule has 2 rings (SSSR count). The molecule has 4 nitrogen and oxygen atoms in total. The maximum Gasteiger partial charge on any atom is 0.298 e. The average molecular weight is 153 g/mol. The Morgan fingerprint density at radius 2 is 2.55 bits per heavy atom. The van der Waals surface area contributed by atoms with Crippen molar-refractivity contribution in [2.24, 2.45) is 0 Å². The van der Waals surface area contributed by atoms with Crippen molar-refractivity contribution in [1.82, 2.24) is 5.16 Å². The zero-order valence-corrected chi connectivity index (χ0v) is 5.82. The highest BCUT2D eigenvalue weighted by Crippen LogP contribution is 2.43. The van der Waals surface area contributed by atoms with E-state index in [0.717, 1.165) is 12.8 Å². The van der Waals surface area contributed by atoms with E-state index >= 15 is 0 Å². The number of rotatable bonds is 3. The van der Waals surface area contributed by atoms with E-state index in [1.54, 1.807) is 0 Å². The van der Waals surface area contributed by atoms with Crippen molar-refractivity contribution >= 4 is 6.47 Å². The molecular formula is C7H7NO3. The van der Waals surface area contributed by atoms with Crippen molar-refractivity contribution in [3.8, 4) is 5.75 Å². The number of aromatic nitrogens is 1. The number of nitrogens with zero attached hydrogens (tertiary/aromatic N) is 1. The van der Waals surface area contributed by atoms with Gasteiger partial charge in [-0.05, 0) is 12.8 Å². The summed E-state index contributed by atoms with van der Waals surface area (Å²) in [6, 6.07) is 0. The fourth-order valence-electron chi connectivity index (χ4n) is 1.00. The van der Waals surface area contributed by atoms with Crippen molar-refractivity contribution < 1.29 is 14.1 Å². The molecule has 1 aromatic heterocycles. The second-order valence-corrected chi connectivity index (χ2v) is 2.54. The first-order valence-electron chi connectivity index (χ1n) is 3.46. The highest BCUT2D eigenvalue weighted by atomic mass is 16.5. The van der Waals surface area contributed by atoms with Crippen LogP contribution in [-0.2, 0) is 4.79 Å². The van der Waals surface area contributed by atoms with Gasteiger partial charge in [0.2, 0.25) is 0 Å². The summed E-state index contributed by atoms with van der Waals surface area (Å²) in [6.07, 6.45) is 3.62. The summed E-state index contributed by atoms with van der Waals surface area (Å²) in [7, 11) is 0. The van der Waals surface area contributed by atoms with Gasteiger partial charge in [0.15, 0.2) is 11.5 Å². The maximum absolute atomic E-state index is 9.98. The number of hydrogen-bond acceptors (Lipinski definition) is 4. The van der Waals surface area contributed by atoms with Gasteiger partial charge in [0.05, 0.1) is 0 Å². The summed E-state index contributed by atoms with van der Waals surface area (Å²) in [5.41, 5.74) is 0. The molecule has 0 bridgehead atoms. The molecule has 0 amide bonds. The maximum atomic E-state index is 9.98. The Hall–Kier alpha value is -1.32. The van der Waals surface area contributed by atoms with E-state index < -0.39 is 0 Å². The minimum absolute atomic E-state index is 0.387. The van der Waals surface area contributed by atoms with Crippen molar-refractivity contribution in [3.63, 3.8) is 0 Å². The lowest BCUT2D eigenvalue weighted by Crippen LogP contribution is -1.89. The van der Waals surface area contributed by atoms with E-state index in [1.807, 2.05) is 0 Å². The van der Waals surface area contributed by atoms with Gasteiger partial charge in [0, 0.05) is 5.92 Å². The molecule has 1 aliphatic carbocycles. The van der Waals surface area contributed by atoms with Crippen LogP contribution in [0.4, 0.5) is 0 Å². The lowest BCUT2D eigenvalue weighted by Gasteiger charge is -1.92. The molecule has 0 aromatic carbocycles. The van der Waals surface area contributed by atoms with Crippen LogP contribution in [-0.4, -0.2) is 11.6 Å². The van der Waals surface area contributed by atoms with E-state index in [-0.39, 0.29) is 0 Å². The highest BCUT2D eigenvalue weighted by Gasteiger charge is 2.31. The van der Waals surface area contributed by atoms with Gasteiger partial charge in [-0.3, -0.25) is 4.79 Å². The normalized spacial score (nSPS) is 16.4. The van der Waals surface area contributed by atoms with Crippen molar-refractivity contribution in [2.45, 2.75) is 18.8 Å². The fourth-order valence-corrected chi connectivity index (χ4v) is 1.00. The Balaban J connectivity index is 2.22. The first-order valence-corrected chi connectivity index (χ1v) is 3.46. The summed E-state index contributed by atoms with van der Waals surface area (Å²) >= 11 is 0. The first-order chi connectivity index (χ1) is 5.42. The van der Waals surface area contributed by atoms with Gasteiger partial charge in [0.25, 0.3) is 6.47 Å². The zero-order chi connectivity index (χ0) is 7.68. The molecular weight excluding hydrogens is 146 g/mol. The summed E-state index contributed by atoms with van der Waals surface area (Å²) in [4.78, 5) is 9.98. The molecule has 0 saturated heterocycles. The van der Waals surface area contributed by atoms with Crippen LogP contribution in [0.25, 0.3) is 0 Å². The predicted octanol–water partition coefficient (Wildman–Crippen LogP) is 1.09. The fraction of sp³-hybridized carbons (Fsp3) is 0.429. The van der Waals surface area contributed by atoms with Gasteiger partial charge in [-0.1, -0.05) is 5.16 Å². The van der Waals surface area contributed by atoms with E-state index in [4.69, 9.17) is 4.52 Å². The molecule has 0 radical (unpaired) electrons. The number of hydrogen-bond donors (Lipinski definition) is 0. The molecule has 1 aliphatic rings. The third-order valence-corrected chi connectivity index (χ3v) is 1.69.